The van der Waals surface area contributed by atoms with Crippen LogP contribution in [0.25, 0.3) is 0 Å². The maximum Gasteiger partial charge on any atom is 0.184 e. The molecule has 5 aliphatic carbocycles. The largest absolute Gasteiger partial charge is 0.297 e. The quantitative estimate of drug-likeness (QED) is 0.324. The van der Waals surface area contributed by atoms with Crippen LogP contribution in [0.1, 0.15) is 84.0 Å². The van der Waals surface area contributed by atoms with Gasteiger partial charge in [-0.05, 0) is 68.6 Å². The summed E-state index contributed by atoms with van der Waals surface area (Å²) in [5.41, 5.74) is -4.02. The molecular formula is C30H36O4. The molecule has 5 atom stereocenters. The molecule has 0 radical (unpaired) electrons. The number of hydrogen-bond acceptors (Lipinski definition) is 4. The molecule has 6 rings (SSSR count). The van der Waals surface area contributed by atoms with Gasteiger partial charge in [-0.15, -0.1) is 0 Å². The molecule has 1 aromatic carbocycles. The van der Waals surface area contributed by atoms with E-state index in [1.165, 1.54) is 0 Å². The van der Waals surface area contributed by atoms with E-state index in [4.69, 9.17) is 0 Å². The first-order valence-corrected chi connectivity index (χ1v) is 12.7. The van der Waals surface area contributed by atoms with Crippen molar-refractivity contribution in [1.29, 1.82) is 0 Å². The third-order valence-electron chi connectivity index (χ3n) is 10.4. The van der Waals surface area contributed by atoms with Crippen molar-refractivity contribution in [2.45, 2.75) is 73.6 Å². The van der Waals surface area contributed by atoms with Crippen LogP contribution in [0.5, 0.6) is 0 Å². The second-order valence-corrected chi connectivity index (χ2v) is 12.9. The van der Waals surface area contributed by atoms with E-state index < -0.39 is 33.2 Å². The van der Waals surface area contributed by atoms with Crippen LogP contribution >= 0.6 is 0 Å². The van der Waals surface area contributed by atoms with Gasteiger partial charge in [0.15, 0.2) is 28.5 Å². The molecule has 5 saturated carbocycles. The monoisotopic (exact) mass is 460 g/mol. The molecule has 180 valence electrons. The van der Waals surface area contributed by atoms with E-state index >= 15 is 0 Å². The molecule has 4 bridgehead atoms. The van der Waals surface area contributed by atoms with Crippen LogP contribution in [0.15, 0.2) is 42.0 Å². The van der Waals surface area contributed by atoms with E-state index in [0.717, 1.165) is 12.0 Å². The van der Waals surface area contributed by atoms with Crippen LogP contribution in [-0.2, 0) is 14.4 Å². The number of rotatable bonds is 4. The van der Waals surface area contributed by atoms with Crippen LogP contribution in [0.3, 0.4) is 0 Å². The summed E-state index contributed by atoms with van der Waals surface area (Å²) in [4.78, 5) is 58.6. The SMILES string of the molecule is CC(C)=CC[C@]12C[C@H]3C[C@@H]4C(C)(C)CC[C@@]4(C1=O)C(=O)[C@](C(=O)c1ccccc1)(C2=O)C3(C)C. The van der Waals surface area contributed by atoms with Gasteiger partial charge in [-0.3, -0.25) is 19.2 Å². The zero-order valence-electron chi connectivity index (χ0n) is 21.3. The maximum absolute atomic E-state index is 14.9. The van der Waals surface area contributed by atoms with Crippen molar-refractivity contribution in [3.05, 3.63) is 47.5 Å². The van der Waals surface area contributed by atoms with Crippen molar-refractivity contribution in [1.82, 2.24) is 0 Å². The molecule has 5 fully saturated rings. The Morgan fingerprint density at radius 2 is 1.59 bits per heavy atom. The Bertz CT molecular complexity index is 1150. The minimum atomic E-state index is -1.82. The van der Waals surface area contributed by atoms with Crippen LogP contribution < -0.4 is 0 Å². The van der Waals surface area contributed by atoms with Crippen LogP contribution in [0.2, 0.25) is 0 Å². The molecular weight excluding hydrogens is 424 g/mol. The number of benzene rings is 1. The topological polar surface area (TPSA) is 68.3 Å². The Hall–Kier alpha value is -2.36. The summed E-state index contributed by atoms with van der Waals surface area (Å²) in [7, 11) is 0. The smallest absolute Gasteiger partial charge is 0.184 e. The van der Waals surface area contributed by atoms with Crippen LogP contribution in [0.4, 0.5) is 0 Å². The molecule has 34 heavy (non-hydrogen) atoms. The van der Waals surface area contributed by atoms with Gasteiger partial charge in [0.05, 0.1) is 10.8 Å². The zero-order valence-corrected chi connectivity index (χ0v) is 21.3. The minimum absolute atomic E-state index is 0.0666. The third kappa shape index (κ3) is 2.40. The van der Waals surface area contributed by atoms with E-state index in [-0.39, 0.29) is 35.2 Å². The lowest BCUT2D eigenvalue weighted by Gasteiger charge is -2.60. The molecule has 0 N–H and O–H groups in total. The highest BCUT2D eigenvalue weighted by atomic mass is 16.2. The number of carbonyl (C=O) groups is 4. The predicted molar refractivity (Wildman–Crippen MR) is 130 cm³/mol. The molecule has 0 saturated heterocycles. The minimum Gasteiger partial charge on any atom is -0.297 e. The molecule has 0 unspecified atom stereocenters. The molecule has 0 aromatic heterocycles. The van der Waals surface area contributed by atoms with Gasteiger partial charge in [-0.25, -0.2) is 0 Å². The van der Waals surface area contributed by atoms with E-state index in [1.807, 2.05) is 39.8 Å². The van der Waals surface area contributed by atoms with Crippen molar-refractivity contribution < 1.29 is 19.2 Å². The molecule has 0 amide bonds. The summed E-state index contributed by atoms with van der Waals surface area (Å²) in [5.74, 6) is -1.62. The zero-order chi connectivity index (χ0) is 24.9. The second kappa shape index (κ2) is 6.86. The molecule has 1 spiro atoms. The molecule has 4 nitrogen and oxygen atoms in total. The fourth-order valence-electron chi connectivity index (χ4n) is 8.40. The summed E-state index contributed by atoms with van der Waals surface area (Å²) in [5, 5.41) is 0. The highest BCUT2D eigenvalue weighted by Gasteiger charge is 2.85. The summed E-state index contributed by atoms with van der Waals surface area (Å²) < 4.78 is 0. The van der Waals surface area contributed by atoms with Crippen LogP contribution in [-0.4, -0.2) is 23.1 Å². The summed E-state index contributed by atoms with van der Waals surface area (Å²) in [6, 6.07) is 8.77. The third-order valence-corrected chi connectivity index (χ3v) is 10.4. The van der Waals surface area contributed by atoms with E-state index in [1.54, 1.807) is 24.3 Å². The standard InChI is InChI=1S/C30H36O4/c1-18(2)12-13-28-17-20-16-21-26(3,4)14-15-29(21,23(28)32)25(34)30(24(28)33,27(20,5)6)22(31)19-10-8-7-9-11-19/h7-12,20-21H,13-17H2,1-6H3/t20-,21-,28+,29-,30+/m1/s1. The summed E-state index contributed by atoms with van der Waals surface area (Å²) in [6.45, 7) is 12.1. The first-order chi connectivity index (χ1) is 15.8. The van der Waals surface area contributed by atoms with Crippen molar-refractivity contribution in [3.8, 4) is 0 Å². The predicted octanol–water partition coefficient (Wildman–Crippen LogP) is 5.79. The number of Topliss-reactive ketones (excluding diaryl/α,β-unsaturated/α-hetero) is 4. The highest BCUT2D eigenvalue weighted by molar-refractivity contribution is 6.42. The molecule has 1 aromatic rings. The first-order valence-electron chi connectivity index (χ1n) is 12.7. The maximum atomic E-state index is 14.9. The van der Waals surface area contributed by atoms with Gasteiger partial charge in [-0.2, -0.15) is 0 Å². The van der Waals surface area contributed by atoms with Gasteiger partial charge < -0.3 is 0 Å². The lowest BCUT2D eigenvalue weighted by molar-refractivity contribution is -0.181. The fourth-order valence-corrected chi connectivity index (χ4v) is 8.40. The van der Waals surface area contributed by atoms with Gasteiger partial charge in [0.1, 0.15) is 0 Å². The lowest BCUT2D eigenvalue weighted by Crippen LogP contribution is -2.75. The van der Waals surface area contributed by atoms with Crippen molar-refractivity contribution in [2.24, 2.45) is 38.9 Å². The molecule has 4 heteroatoms. The lowest BCUT2D eigenvalue weighted by atomic mass is 9.37. The Kier molecular flexibility index (Phi) is 4.72. The number of ketones is 4. The van der Waals surface area contributed by atoms with Crippen molar-refractivity contribution in [2.75, 3.05) is 0 Å². The Morgan fingerprint density at radius 3 is 2.21 bits per heavy atom. The van der Waals surface area contributed by atoms with Gasteiger partial charge in [0.25, 0.3) is 0 Å². The molecule has 0 aliphatic heterocycles. The van der Waals surface area contributed by atoms with E-state index in [0.29, 0.717) is 24.8 Å². The number of hydrogen-bond donors (Lipinski definition) is 0. The highest BCUT2D eigenvalue weighted by Crippen LogP contribution is 2.75. The fraction of sp³-hybridized carbons (Fsp3) is 0.600. The average Bonchev–Trinajstić information content (AvgIpc) is 2.96. The van der Waals surface area contributed by atoms with E-state index in [2.05, 4.69) is 13.8 Å². The summed E-state index contributed by atoms with van der Waals surface area (Å²) >= 11 is 0. The Balaban J connectivity index is 1.87. The Morgan fingerprint density at radius 1 is 0.941 bits per heavy atom. The number of allylic oxidation sites excluding steroid dienone is 2. The molecule has 5 aliphatic rings. The van der Waals surface area contributed by atoms with Gasteiger partial charge in [-0.1, -0.05) is 69.7 Å². The average molecular weight is 461 g/mol. The summed E-state index contributed by atoms with van der Waals surface area (Å²) in [6.07, 6.45) is 4.60. The van der Waals surface area contributed by atoms with Crippen LogP contribution in [0, 0.1) is 38.9 Å². The van der Waals surface area contributed by atoms with Gasteiger partial charge in [0, 0.05) is 5.56 Å². The molecule has 0 heterocycles. The van der Waals surface area contributed by atoms with Crippen molar-refractivity contribution >= 4 is 23.1 Å². The van der Waals surface area contributed by atoms with Gasteiger partial charge >= 0.3 is 0 Å². The normalized spacial score (nSPS) is 39.1. The first kappa shape index (κ1) is 23.4. The van der Waals surface area contributed by atoms with E-state index in [9.17, 15) is 19.2 Å². The Labute approximate surface area is 202 Å². The van der Waals surface area contributed by atoms with Crippen molar-refractivity contribution in [3.63, 3.8) is 0 Å². The van der Waals surface area contributed by atoms with Gasteiger partial charge in [0.2, 0.25) is 0 Å². The number of carbonyl (C=O) groups excluding carboxylic acids is 4. The second-order valence-electron chi connectivity index (χ2n) is 12.9.